The first-order valence-corrected chi connectivity index (χ1v) is 10.7. The number of hydrogen-bond donors (Lipinski definition) is 0. The van der Waals surface area contributed by atoms with Gasteiger partial charge in [0, 0.05) is 30.7 Å². The molecule has 172 valence electrons. The normalized spacial score (nSPS) is 18.8. The number of halogens is 4. The summed E-state index contributed by atoms with van der Waals surface area (Å²) in [5.41, 5.74) is 0.126. The fraction of sp³-hybridized carbons (Fsp3) is 0.304. The molecule has 33 heavy (non-hydrogen) atoms. The monoisotopic (exact) mass is 476 g/mol. The molecule has 3 aromatic rings. The Hall–Kier alpha value is -3.20. The zero-order valence-corrected chi connectivity index (χ0v) is 18.3. The molecule has 3 heterocycles. The number of benzene rings is 1. The number of hydrogen-bond acceptors (Lipinski definition) is 5. The van der Waals surface area contributed by atoms with E-state index in [9.17, 15) is 18.0 Å². The SMILES string of the molecule is CC1C(Oc2ncc(C(F)(F)F)cc2Cl)CCCN1C(=O)c1ccccc1-c1ncccn1. The second-order valence-corrected chi connectivity index (χ2v) is 8.07. The van der Waals surface area contributed by atoms with E-state index in [0.29, 0.717) is 42.5 Å². The molecule has 1 aromatic carbocycles. The lowest BCUT2D eigenvalue weighted by molar-refractivity contribution is -0.137. The molecule has 1 amide bonds. The lowest BCUT2D eigenvalue weighted by atomic mass is 9.97. The maximum absolute atomic E-state index is 13.5. The van der Waals surface area contributed by atoms with Crippen molar-refractivity contribution in [3.05, 3.63) is 71.1 Å². The molecule has 0 bridgehead atoms. The van der Waals surface area contributed by atoms with Gasteiger partial charge in [-0.3, -0.25) is 4.79 Å². The van der Waals surface area contributed by atoms with Crippen molar-refractivity contribution >= 4 is 17.5 Å². The van der Waals surface area contributed by atoms with E-state index >= 15 is 0 Å². The van der Waals surface area contributed by atoms with Crippen LogP contribution in [-0.4, -0.2) is 44.4 Å². The van der Waals surface area contributed by atoms with E-state index in [4.69, 9.17) is 16.3 Å². The van der Waals surface area contributed by atoms with Gasteiger partial charge in [0.15, 0.2) is 5.82 Å². The third kappa shape index (κ3) is 4.93. The third-order valence-electron chi connectivity index (χ3n) is 5.54. The molecular formula is C23H20ClF3N4O2. The van der Waals surface area contributed by atoms with Crippen molar-refractivity contribution in [2.24, 2.45) is 0 Å². The van der Waals surface area contributed by atoms with Gasteiger partial charge in [0.1, 0.15) is 11.1 Å². The Bertz CT molecular complexity index is 1140. The van der Waals surface area contributed by atoms with Crippen LogP contribution in [0.4, 0.5) is 13.2 Å². The summed E-state index contributed by atoms with van der Waals surface area (Å²) in [7, 11) is 0. The molecule has 10 heteroatoms. The van der Waals surface area contributed by atoms with Crippen LogP contribution >= 0.6 is 11.6 Å². The van der Waals surface area contributed by atoms with E-state index in [1.165, 1.54) is 0 Å². The molecule has 1 fully saturated rings. The Labute approximate surface area is 193 Å². The molecule has 0 spiro atoms. The summed E-state index contributed by atoms with van der Waals surface area (Å²) in [5, 5.41) is -0.230. The van der Waals surface area contributed by atoms with Crippen LogP contribution in [0.5, 0.6) is 5.88 Å². The van der Waals surface area contributed by atoms with Gasteiger partial charge in [-0.25, -0.2) is 15.0 Å². The third-order valence-corrected chi connectivity index (χ3v) is 5.81. The zero-order chi connectivity index (χ0) is 23.6. The van der Waals surface area contributed by atoms with Crippen molar-refractivity contribution in [1.29, 1.82) is 0 Å². The number of carbonyl (C=O) groups excluding carboxylic acids is 1. The minimum absolute atomic E-state index is 0.0890. The highest BCUT2D eigenvalue weighted by Crippen LogP contribution is 2.34. The molecule has 4 rings (SSSR count). The summed E-state index contributed by atoms with van der Waals surface area (Å²) in [6.45, 7) is 2.35. The Kier molecular flexibility index (Phi) is 6.51. The lowest BCUT2D eigenvalue weighted by Crippen LogP contribution is -2.51. The van der Waals surface area contributed by atoms with Crippen molar-refractivity contribution in [2.75, 3.05) is 6.54 Å². The van der Waals surface area contributed by atoms with Gasteiger partial charge in [-0.2, -0.15) is 13.2 Å². The van der Waals surface area contributed by atoms with Crippen LogP contribution in [0.25, 0.3) is 11.4 Å². The molecule has 0 saturated carbocycles. The van der Waals surface area contributed by atoms with Crippen molar-refractivity contribution < 1.29 is 22.7 Å². The Morgan fingerprint density at radius 2 is 1.88 bits per heavy atom. The van der Waals surface area contributed by atoms with Crippen LogP contribution in [0.1, 0.15) is 35.7 Å². The summed E-state index contributed by atoms with van der Waals surface area (Å²) in [4.78, 5) is 27.4. The number of rotatable bonds is 4. The van der Waals surface area contributed by atoms with Crippen molar-refractivity contribution in [2.45, 2.75) is 38.1 Å². The topological polar surface area (TPSA) is 68.2 Å². The summed E-state index contributed by atoms with van der Waals surface area (Å²) >= 11 is 6.00. The molecule has 2 atom stereocenters. The Morgan fingerprint density at radius 3 is 2.58 bits per heavy atom. The fourth-order valence-electron chi connectivity index (χ4n) is 3.82. The molecule has 2 unspecified atom stereocenters. The van der Waals surface area contributed by atoms with E-state index in [0.717, 1.165) is 6.07 Å². The number of pyridine rings is 1. The molecular weight excluding hydrogens is 457 g/mol. The summed E-state index contributed by atoms with van der Waals surface area (Å²) in [6.07, 6.45) is 0.135. The van der Waals surface area contributed by atoms with Crippen LogP contribution in [0.3, 0.4) is 0 Å². The van der Waals surface area contributed by atoms with Crippen LogP contribution in [-0.2, 0) is 6.18 Å². The maximum Gasteiger partial charge on any atom is 0.417 e. The Morgan fingerprint density at radius 1 is 1.15 bits per heavy atom. The predicted octanol–water partition coefficient (Wildman–Crippen LogP) is 5.28. The number of carbonyl (C=O) groups is 1. The quantitative estimate of drug-likeness (QED) is 0.512. The number of ether oxygens (including phenoxy) is 1. The number of likely N-dealkylation sites (tertiary alicyclic amines) is 1. The van der Waals surface area contributed by atoms with Crippen LogP contribution in [0.15, 0.2) is 55.0 Å². The summed E-state index contributed by atoms with van der Waals surface area (Å²) < 4.78 is 44.5. The minimum Gasteiger partial charge on any atom is -0.471 e. The zero-order valence-electron chi connectivity index (χ0n) is 17.6. The standard InChI is InChI=1S/C23H20ClF3N4O2/c1-14-19(33-21-18(24)12-15(13-30-21)23(25,26)27)8-4-11-31(14)22(32)17-7-3-2-6-16(17)20-28-9-5-10-29-20/h2-3,5-7,9-10,12-14,19H,4,8,11H2,1H3. The average Bonchev–Trinajstić information content (AvgIpc) is 2.81. The molecule has 0 N–H and O–H groups in total. The molecule has 1 aliphatic heterocycles. The first-order valence-electron chi connectivity index (χ1n) is 10.3. The van der Waals surface area contributed by atoms with Gasteiger partial charge >= 0.3 is 6.18 Å². The van der Waals surface area contributed by atoms with Gasteiger partial charge in [0.25, 0.3) is 5.91 Å². The van der Waals surface area contributed by atoms with Crippen molar-refractivity contribution in [1.82, 2.24) is 19.9 Å². The second kappa shape index (κ2) is 9.35. The molecule has 2 aromatic heterocycles. The van der Waals surface area contributed by atoms with Gasteiger partial charge in [-0.1, -0.05) is 29.8 Å². The predicted molar refractivity (Wildman–Crippen MR) is 116 cm³/mol. The van der Waals surface area contributed by atoms with Crippen LogP contribution in [0, 0.1) is 0 Å². The number of piperidine rings is 1. The molecule has 0 aliphatic carbocycles. The van der Waals surface area contributed by atoms with E-state index in [-0.39, 0.29) is 22.9 Å². The van der Waals surface area contributed by atoms with Crippen LogP contribution < -0.4 is 4.74 Å². The first kappa shape index (κ1) is 23.0. The highest BCUT2D eigenvalue weighted by atomic mass is 35.5. The number of amides is 1. The van der Waals surface area contributed by atoms with E-state index < -0.39 is 17.8 Å². The van der Waals surface area contributed by atoms with Gasteiger partial charge in [-0.05, 0) is 38.0 Å². The maximum atomic E-state index is 13.5. The van der Waals surface area contributed by atoms with E-state index in [1.54, 1.807) is 41.6 Å². The molecule has 0 radical (unpaired) electrons. The van der Waals surface area contributed by atoms with Crippen LogP contribution in [0.2, 0.25) is 5.02 Å². The van der Waals surface area contributed by atoms with Crippen molar-refractivity contribution in [3.8, 4) is 17.3 Å². The number of alkyl halides is 3. The Balaban J connectivity index is 1.55. The average molecular weight is 477 g/mol. The van der Waals surface area contributed by atoms with Crippen molar-refractivity contribution in [3.63, 3.8) is 0 Å². The van der Waals surface area contributed by atoms with E-state index in [1.807, 2.05) is 13.0 Å². The summed E-state index contributed by atoms with van der Waals surface area (Å²) in [6, 6.07) is 9.22. The fourth-order valence-corrected chi connectivity index (χ4v) is 4.03. The number of nitrogens with zero attached hydrogens (tertiary/aromatic N) is 4. The summed E-state index contributed by atoms with van der Waals surface area (Å²) in [5.74, 6) is 0.152. The molecule has 1 saturated heterocycles. The number of aromatic nitrogens is 3. The lowest BCUT2D eigenvalue weighted by Gasteiger charge is -2.39. The second-order valence-electron chi connectivity index (χ2n) is 7.66. The highest BCUT2D eigenvalue weighted by molar-refractivity contribution is 6.31. The smallest absolute Gasteiger partial charge is 0.417 e. The van der Waals surface area contributed by atoms with E-state index in [2.05, 4.69) is 15.0 Å². The van der Waals surface area contributed by atoms with Gasteiger partial charge < -0.3 is 9.64 Å². The van der Waals surface area contributed by atoms with Gasteiger partial charge in [0.2, 0.25) is 5.88 Å². The van der Waals surface area contributed by atoms with Gasteiger partial charge in [0.05, 0.1) is 17.2 Å². The highest BCUT2D eigenvalue weighted by Gasteiger charge is 2.36. The van der Waals surface area contributed by atoms with Gasteiger partial charge in [-0.15, -0.1) is 0 Å². The minimum atomic E-state index is -4.55. The molecule has 1 aliphatic rings. The molecule has 6 nitrogen and oxygen atoms in total. The largest absolute Gasteiger partial charge is 0.471 e. The first-order chi connectivity index (χ1) is 15.8.